The topological polar surface area (TPSA) is 61.9 Å². The van der Waals surface area contributed by atoms with Gasteiger partial charge in [-0.05, 0) is 66.6 Å². The van der Waals surface area contributed by atoms with E-state index in [9.17, 15) is 4.79 Å². The van der Waals surface area contributed by atoms with Crippen LogP contribution < -0.4 is 5.56 Å². The highest BCUT2D eigenvalue weighted by Crippen LogP contribution is 2.40. The van der Waals surface area contributed by atoms with Crippen LogP contribution in [0.15, 0.2) is 47.5 Å². The number of halogens is 2. The molecule has 2 aliphatic rings. The number of hydrogen-bond donors (Lipinski definition) is 0. The molecule has 2 aromatic heterocycles. The van der Waals surface area contributed by atoms with E-state index >= 15 is 4.39 Å². The van der Waals surface area contributed by atoms with E-state index in [0.717, 1.165) is 42.6 Å². The predicted octanol–water partition coefficient (Wildman–Crippen LogP) is 5.17. The highest BCUT2D eigenvalue weighted by atomic mass is 35.5. The van der Waals surface area contributed by atoms with Crippen molar-refractivity contribution in [3.8, 4) is 11.1 Å². The van der Waals surface area contributed by atoms with Crippen LogP contribution in [0.25, 0.3) is 22.0 Å². The lowest BCUT2D eigenvalue weighted by molar-refractivity contribution is 0.00525. The Kier molecular flexibility index (Phi) is 5.26. The van der Waals surface area contributed by atoms with Crippen LogP contribution in [0.1, 0.15) is 48.2 Å². The van der Waals surface area contributed by atoms with Crippen molar-refractivity contribution in [3.05, 3.63) is 80.9 Å². The Balaban J connectivity index is 1.52. The second-order valence-electron chi connectivity index (χ2n) is 9.20. The van der Waals surface area contributed by atoms with Crippen LogP contribution in [0, 0.1) is 5.82 Å². The molecule has 0 amide bonds. The molecule has 1 saturated heterocycles. The fourth-order valence-electron chi connectivity index (χ4n) is 5.32. The third-order valence-corrected chi connectivity index (χ3v) is 7.25. The van der Waals surface area contributed by atoms with Crippen LogP contribution in [-0.4, -0.2) is 25.9 Å². The van der Waals surface area contributed by atoms with Gasteiger partial charge in [-0.3, -0.25) is 14.0 Å². The summed E-state index contributed by atoms with van der Waals surface area (Å²) in [5, 5.41) is 5.07. The Morgan fingerprint density at radius 2 is 2.06 bits per heavy atom. The summed E-state index contributed by atoms with van der Waals surface area (Å²) in [6.07, 6.45) is 7.06. The first-order valence-electron chi connectivity index (χ1n) is 11.6. The van der Waals surface area contributed by atoms with E-state index in [4.69, 9.17) is 21.3 Å². The summed E-state index contributed by atoms with van der Waals surface area (Å²) >= 11 is 6.02. The Morgan fingerprint density at radius 3 is 2.85 bits per heavy atom. The molecule has 2 aromatic carbocycles. The quantitative estimate of drug-likeness (QED) is 0.407. The van der Waals surface area contributed by atoms with Crippen LogP contribution in [0.4, 0.5) is 4.39 Å². The summed E-state index contributed by atoms with van der Waals surface area (Å²) in [5.41, 5.74) is 3.56. The molecule has 174 valence electrons. The van der Waals surface area contributed by atoms with Gasteiger partial charge in [0, 0.05) is 49.0 Å². The lowest BCUT2D eigenvalue weighted by atomic mass is 9.85. The van der Waals surface area contributed by atoms with E-state index in [-0.39, 0.29) is 17.6 Å². The fraction of sp³-hybridized carbons (Fsp3) is 0.346. The number of nitrogens with zero attached hydrogens (tertiary/aromatic N) is 4. The molecule has 8 heteroatoms. The zero-order valence-electron chi connectivity index (χ0n) is 18.8. The first-order valence-corrected chi connectivity index (χ1v) is 12.0. The van der Waals surface area contributed by atoms with Gasteiger partial charge in [0.25, 0.3) is 5.56 Å². The first-order chi connectivity index (χ1) is 16.5. The molecule has 2 unspecified atom stereocenters. The second-order valence-corrected chi connectivity index (χ2v) is 9.64. The van der Waals surface area contributed by atoms with Gasteiger partial charge in [-0.25, -0.2) is 9.37 Å². The average Bonchev–Trinajstić information content (AvgIpc) is 3.48. The largest absolute Gasteiger partial charge is 0.373 e. The molecule has 2 atom stereocenters. The molecule has 4 aromatic rings. The zero-order chi connectivity index (χ0) is 23.4. The van der Waals surface area contributed by atoms with E-state index in [1.165, 1.54) is 6.07 Å². The summed E-state index contributed by atoms with van der Waals surface area (Å²) in [6.45, 7) is 1.27. The molecule has 0 aliphatic carbocycles. The predicted molar refractivity (Wildman–Crippen MR) is 129 cm³/mol. The molecule has 4 heterocycles. The molecule has 34 heavy (non-hydrogen) atoms. The van der Waals surface area contributed by atoms with Gasteiger partial charge in [0.2, 0.25) is 0 Å². The number of aryl methyl sites for hydroxylation is 2. The number of hydrogen-bond acceptors (Lipinski definition) is 4. The van der Waals surface area contributed by atoms with E-state index in [0.29, 0.717) is 40.2 Å². The number of ether oxygens (including phenoxy) is 1. The molecule has 0 spiro atoms. The van der Waals surface area contributed by atoms with Crippen molar-refractivity contribution in [3.63, 3.8) is 0 Å². The Hall–Kier alpha value is -3.03. The van der Waals surface area contributed by atoms with Gasteiger partial charge in [0.15, 0.2) is 0 Å². The minimum Gasteiger partial charge on any atom is -0.373 e. The first kappa shape index (κ1) is 21.5. The monoisotopic (exact) mass is 478 g/mol. The number of rotatable bonds is 3. The van der Waals surface area contributed by atoms with Crippen molar-refractivity contribution in [1.29, 1.82) is 0 Å². The van der Waals surface area contributed by atoms with Crippen LogP contribution in [0.2, 0.25) is 5.02 Å². The summed E-state index contributed by atoms with van der Waals surface area (Å²) in [4.78, 5) is 18.3. The van der Waals surface area contributed by atoms with Crippen molar-refractivity contribution in [2.75, 3.05) is 6.61 Å². The van der Waals surface area contributed by atoms with E-state index in [1.807, 2.05) is 31.6 Å². The van der Waals surface area contributed by atoms with Crippen molar-refractivity contribution in [2.45, 2.75) is 44.2 Å². The molecule has 0 N–H and O–H groups in total. The SMILES string of the molecule is Cn1cc(C2CC(c3cc(-c4ccc(Cl)cc4F)c4c(=O)n5c(nc4c3)CCC5)CCO2)cn1. The number of benzene rings is 2. The minimum absolute atomic E-state index is 0.0579. The Labute approximate surface area is 201 Å². The van der Waals surface area contributed by atoms with Crippen LogP contribution >= 0.6 is 11.6 Å². The Bertz CT molecular complexity index is 1480. The third kappa shape index (κ3) is 3.63. The van der Waals surface area contributed by atoms with Gasteiger partial charge in [0.05, 0.1) is 23.2 Å². The highest BCUT2D eigenvalue weighted by Gasteiger charge is 2.28. The van der Waals surface area contributed by atoms with Crippen LogP contribution in [0.3, 0.4) is 0 Å². The van der Waals surface area contributed by atoms with Crippen molar-refractivity contribution in [2.24, 2.45) is 7.05 Å². The molecule has 6 nitrogen and oxygen atoms in total. The van der Waals surface area contributed by atoms with E-state index < -0.39 is 5.82 Å². The fourth-order valence-corrected chi connectivity index (χ4v) is 5.48. The molecule has 0 bridgehead atoms. The van der Waals surface area contributed by atoms with Gasteiger partial charge in [-0.1, -0.05) is 11.6 Å². The minimum atomic E-state index is -0.448. The van der Waals surface area contributed by atoms with Crippen molar-refractivity contribution in [1.82, 2.24) is 19.3 Å². The van der Waals surface area contributed by atoms with Gasteiger partial charge >= 0.3 is 0 Å². The smallest absolute Gasteiger partial charge is 0.262 e. The number of fused-ring (bicyclic) bond motifs is 2. The van der Waals surface area contributed by atoms with Crippen molar-refractivity contribution < 1.29 is 9.13 Å². The Morgan fingerprint density at radius 1 is 1.18 bits per heavy atom. The maximum atomic E-state index is 15.1. The summed E-state index contributed by atoms with van der Waals surface area (Å²) < 4.78 is 24.6. The molecule has 1 fully saturated rings. The lowest BCUT2D eigenvalue weighted by Crippen LogP contribution is -2.22. The normalized spacial score (nSPS) is 20.1. The van der Waals surface area contributed by atoms with E-state index in [2.05, 4.69) is 5.10 Å². The van der Waals surface area contributed by atoms with Crippen LogP contribution in [-0.2, 0) is 24.8 Å². The van der Waals surface area contributed by atoms with Gasteiger partial charge in [-0.15, -0.1) is 0 Å². The zero-order valence-corrected chi connectivity index (χ0v) is 19.6. The molecular formula is C26H24ClFN4O2. The number of aromatic nitrogens is 4. The van der Waals surface area contributed by atoms with Gasteiger partial charge in [0.1, 0.15) is 11.6 Å². The standard InChI is InChI=1S/C26H24ClFN4O2/c1-31-14-17(13-29-31)23-11-15(6-8-34-23)16-9-20(19-5-4-18(27)12-21(19)28)25-22(10-16)30-24-3-2-7-32(24)26(25)33/h4-5,9-10,12-15,23H,2-3,6-8,11H2,1H3. The van der Waals surface area contributed by atoms with Gasteiger partial charge in [-0.2, -0.15) is 5.10 Å². The maximum Gasteiger partial charge on any atom is 0.262 e. The summed E-state index contributed by atoms with van der Waals surface area (Å²) in [6, 6.07) is 8.58. The molecule has 0 saturated carbocycles. The van der Waals surface area contributed by atoms with E-state index in [1.54, 1.807) is 21.4 Å². The second kappa shape index (κ2) is 8.32. The molecule has 0 radical (unpaired) electrons. The average molecular weight is 479 g/mol. The highest BCUT2D eigenvalue weighted by molar-refractivity contribution is 6.30. The third-order valence-electron chi connectivity index (χ3n) is 7.02. The lowest BCUT2D eigenvalue weighted by Gasteiger charge is -2.30. The molecule has 2 aliphatic heterocycles. The molecular weight excluding hydrogens is 455 g/mol. The van der Waals surface area contributed by atoms with Gasteiger partial charge < -0.3 is 4.74 Å². The summed E-state index contributed by atoms with van der Waals surface area (Å²) in [7, 11) is 1.89. The van der Waals surface area contributed by atoms with Crippen molar-refractivity contribution >= 4 is 22.5 Å². The molecule has 6 rings (SSSR count). The maximum absolute atomic E-state index is 15.1. The van der Waals surface area contributed by atoms with Crippen LogP contribution in [0.5, 0.6) is 0 Å². The summed E-state index contributed by atoms with van der Waals surface area (Å²) in [5.74, 6) is 0.545.